The number of hydrogen-bond acceptors (Lipinski definition) is 8. The maximum atomic E-state index is 14.7. The molecule has 0 saturated heterocycles. The lowest BCUT2D eigenvalue weighted by molar-refractivity contribution is -0.142. The summed E-state index contributed by atoms with van der Waals surface area (Å²) < 4.78 is 5.55. The van der Waals surface area contributed by atoms with Gasteiger partial charge in [0.1, 0.15) is 19.3 Å². The number of hydrogen-bond donors (Lipinski definition) is 4. The molecule has 0 aliphatic carbocycles. The summed E-state index contributed by atoms with van der Waals surface area (Å²) >= 11 is 0. The molecule has 4 atom stereocenters. The Balaban J connectivity index is 1.76. The van der Waals surface area contributed by atoms with Gasteiger partial charge in [-0.25, -0.2) is 4.79 Å². The number of ether oxygens (including phenoxy) is 1. The Morgan fingerprint density at radius 1 is 0.980 bits per heavy atom. The van der Waals surface area contributed by atoms with Crippen LogP contribution in [-0.4, -0.2) is 76.2 Å². The fourth-order valence-electron chi connectivity index (χ4n) is 6.15. The summed E-state index contributed by atoms with van der Waals surface area (Å²) in [4.78, 5) is 58.5. The normalized spacial score (nSPS) is 15.3. The highest BCUT2D eigenvalue weighted by molar-refractivity contribution is 5.96. The third-order valence-corrected chi connectivity index (χ3v) is 8.70. The Morgan fingerprint density at radius 2 is 1.66 bits per heavy atom. The van der Waals surface area contributed by atoms with Crippen LogP contribution in [-0.2, 0) is 25.7 Å². The van der Waals surface area contributed by atoms with Crippen LogP contribution in [0.3, 0.4) is 0 Å². The fraction of sp³-hybridized carbons (Fsp3) is 0.421. The molecule has 0 fully saturated rings. The molecule has 3 aromatic carbocycles. The van der Waals surface area contributed by atoms with Crippen LogP contribution in [0, 0.1) is 5.92 Å². The molecule has 50 heavy (non-hydrogen) atoms. The molecule has 0 aromatic heterocycles. The lowest BCUT2D eigenvalue weighted by Crippen LogP contribution is -2.57. The summed E-state index contributed by atoms with van der Waals surface area (Å²) in [5.41, 5.74) is 13.7. The molecule has 0 saturated carbocycles. The summed E-state index contributed by atoms with van der Waals surface area (Å²) in [5, 5.41) is 15.7. The van der Waals surface area contributed by atoms with Crippen molar-refractivity contribution in [3.63, 3.8) is 0 Å². The molecule has 3 aromatic rings. The number of rotatable bonds is 16. The molecule has 268 valence electrons. The fourth-order valence-corrected chi connectivity index (χ4v) is 6.15. The van der Waals surface area contributed by atoms with Gasteiger partial charge in [0.25, 0.3) is 0 Å². The van der Waals surface area contributed by atoms with Crippen molar-refractivity contribution in [3.8, 4) is 0 Å². The molecule has 0 radical (unpaired) electrons. The maximum Gasteiger partial charge on any atom is 0.408 e. The van der Waals surface area contributed by atoms with E-state index in [0.717, 1.165) is 28.4 Å². The van der Waals surface area contributed by atoms with Gasteiger partial charge in [0.15, 0.2) is 6.10 Å². The van der Waals surface area contributed by atoms with Crippen LogP contribution in [0.4, 0.5) is 10.5 Å². The number of primary amides is 1. The molecule has 1 unspecified atom stereocenters. The zero-order valence-electron chi connectivity index (χ0n) is 29.3. The molecule has 12 heteroatoms. The van der Waals surface area contributed by atoms with E-state index in [1.807, 2.05) is 98.5 Å². The van der Waals surface area contributed by atoms with E-state index in [2.05, 4.69) is 5.32 Å². The Kier molecular flexibility index (Phi) is 13.4. The van der Waals surface area contributed by atoms with E-state index >= 15 is 0 Å². The average molecular weight is 687 g/mol. The highest BCUT2D eigenvalue weighted by Crippen LogP contribution is 2.34. The quantitative estimate of drug-likeness (QED) is 0.174. The number of alkyl carbamates (subject to hydrolysis) is 1. The third-order valence-electron chi connectivity index (χ3n) is 8.70. The van der Waals surface area contributed by atoms with Crippen molar-refractivity contribution in [1.29, 1.82) is 0 Å². The molecule has 6 N–H and O–H groups in total. The van der Waals surface area contributed by atoms with Crippen LogP contribution in [0.1, 0.15) is 58.9 Å². The smallest absolute Gasteiger partial charge is 0.408 e. The number of nitrogens with two attached hydrogens (primary N) is 2. The summed E-state index contributed by atoms with van der Waals surface area (Å²) in [5.74, 6) is -1.76. The summed E-state index contributed by atoms with van der Waals surface area (Å²) in [7, 11) is 0. The van der Waals surface area contributed by atoms with E-state index in [4.69, 9.17) is 16.2 Å². The van der Waals surface area contributed by atoms with Crippen molar-refractivity contribution in [2.45, 2.75) is 84.2 Å². The van der Waals surface area contributed by atoms with Crippen molar-refractivity contribution >= 4 is 40.3 Å². The lowest BCUT2D eigenvalue weighted by atomic mass is 9.95. The van der Waals surface area contributed by atoms with Crippen LogP contribution in [0.25, 0.3) is 10.8 Å². The van der Waals surface area contributed by atoms with Gasteiger partial charge < -0.3 is 36.4 Å². The van der Waals surface area contributed by atoms with Crippen molar-refractivity contribution in [1.82, 2.24) is 15.1 Å². The molecule has 4 rings (SSSR count). The van der Waals surface area contributed by atoms with E-state index in [9.17, 15) is 24.3 Å². The minimum Gasteiger partial charge on any atom is -0.445 e. The largest absolute Gasteiger partial charge is 0.445 e. The van der Waals surface area contributed by atoms with Gasteiger partial charge in [-0.2, -0.15) is 0 Å². The van der Waals surface area contributed by atoms with Crippen LogP contribution < -0.4 is 21.7 Å². The van der Waals surface area contributed by atoms with Gasteiger partial charge in [0.2, 0.25) is 17.7 Å². The number of nitrogens with one attached hydrogen (secondary N) is 1. The number of amides is 4. The number of aliphatic hydroxyl groups excluding tert-OH is 1. The van der Waals surface area contributed by atoms with Crippen LogP contribution >= 0.6 is 0 Å². The van der Waals surface area contributed by atoms with E-state index in [0.29, 0.717) is 18.5 Å². The molecular formula is C38H50N6O6. The number of carbonyl (C=O) groups excluding carboxylic acids is 4. The monoisotopic (exact) mass is 686 g/mol. The molecule has 12 nitrogen and oxygen atoms in total. The highest BCUT2D eigenvalue weighted by atomic mass is 16.5. The molecule has 0 bridgehead atoms. The van der Waals surface area contributed by atoms with Gasteiger partial charge in [0.05, 0.1) is 17.8 Å². The van der Waals surface area contributed by atoms with E-state index in [-0.39, 0.29) is 38.1 Å². The standard InChI is InChI=1S/C38H50N6O6/c1-5-6-19-43(33(20-25(2)3)34(45)35(40)46)37(48)31(41-38(49)50-23-27-13-8-7-9-14-27)21-29-22-42(36(47)26(4)39)24-44(29)32-18-12-16-28-15-10-11-17-30(28)32/h7-18,22,25-26,31,33-34,45H,5-6,19-21,23-24,39H2,1-4H3,(H2,40,46)(H,41,49)/t26-,31?,33-,34-/m0/s1. The SMILES string of the molecule is CCCCN(C(=O)C(CC1=CN(C(=O)[C@H](C)N)CN1c1cccc2ccccc12)NC(=O)OCc1ccccc1)[C@@H](CC(C)C)[C@H](O)C(N)=O. The number of anilines is 1. The van der Waals surface area contributed by atoms with Gasteiger partial charge in [-0.1, -0.05) is 93.9 Å². The second-order valence-corrected chi connectivity index (χ2v) is 13.2. The second kappa shape index (κ2) is 17.6. The number of nitrogens with zero attached hydrogens (tertiary/aromatic N) is 3. The van der Waals surface area contributed by atoms with Crippen LogP contribution in [0.5, 0.6) is 0 Å². The number of aliphatic hydroxyl groups is 1. The molecular weight excluding hydrogens is 636 g/mol. The molecule has 1 aliphatic rings. The first kappa shape index (κ1) is 37.9. The van der Waals surface area contributed by atoms with Crippen molar-refractivity contribution in [2.75, 3.05) is 18.1 Å². The number of unbranched alkanes of at least 4 members (excludes halogenated alkanes) is 1. The number of carbonyl (C=O) groups is 4. The van der Waals surface area contributed by atoms with E-state index < -0.39 is 42.1 Å². The number of fused-ring (bicyclic) bond motifs is 1. The predicted molar refractivity (Wildman–Crippen MR) is 193 cm³/mol. The number of benzene rings is 3. The first-order valence-corrected chi connectivity index (χ1v) is 17.2. The predicted octanol–water partition coefficient (Wildman–Crippen LogP) is 4.21. The summed E-state index contributed by atoms with van der Waals surface area (Å²) in [6.07, 6.45) is 0.777. The zero-order valence-corrected chi connectivity index (χ0v) is 29.3. The van der Waals surface area contributed by atoms with Crippen LogP contribution in [0.15, 0.2) is 84.7 Å². The highest BCUT2D eigenvalue weighted by Gasteiger charge is 2.39. The summed E-state index contributed by atoms with van der Waals surface area (Å²) in [6.45, 7) is 7.76. The Labute approximate surface area is 294 Å². The van der Waals surface area contributed by atoms with Crippen molar-refractivity contribution < 1.29 is 29.0 Å². The maximum absolute atomic E-state index is 14.7. The minimum atomic E-state index is -1.62. The zero-order chi connectivity index (χ0) is 36.4. The van der Waals surface area contributed by atoms with E-state index in [1.54, 1.807) is 13.1 Å². The topological polar surface area (TPSA) is 172 Å². The van der Waals surface area contributed by atoms with E-state index in [1.165, 1.54) is 9.80 Å². The molecule has 0 spiro atoms. The Bertz CT molecular complexity index is 1660. The summed E-state index contributed by atoms with van der Waals surface area (Å²) in [6, 6.07) is 19.9. The minimum absolute atomic E-state index is 0.00499. The van der Waals surface area contributed by atoms with Gasteiger partial charge in [-0.05, 0) is 42.7 Å². The van der Waals surface area contributed by atoms with Gasteiger partial charge in [-0.15, -0.1) is 0 Å². The first-order chi connectivity index (χ1) is 23.9. The third kappa shape index (κ3) is 9.60. The molecule has 4 amide bonds. The van der Waals surface area contributed by atoms with Crippen molar-refractivity contribution in [2.24, 2.45) is 17.4 Å². The molecule has 1 heterocycles. The lowest BCUT2D eigenvalue weighted by Gasteiger charge is -2.37. The van der Waals surface area contributed by atoms with Gasteiger partial charge >= 0.3 is 6.09 Å². The van der Waals surface area contributed by atoms with Crippen molar-refractivity contribution in [3.05, 3.63) is 90.3 Å². The Hall–Kier alpha value is -4.94. The first-order valence-electron chi connectivity index (χ1n) is 17.2. The average Bonchev–Trinajstić information content (AvgIpc) is 3.52. The van der Waals surface area contributed by atoms with Gasteiger partial charge in [0, 0.05) is 30.2 Å². The molecule has 1 aliphatic heterocycles. The van der Waals surface area contributed by atoms with Gasteiger partial charge in [-0.3, -0.25) is 19.3 Å². The van der Waals surface area contributed by atoms with Crippen LogP contribution in [0.2, 0.25) is 0 Å². The Morgan fingerprint density at radius 3 is 2.32 bits per heavy atom. The second-order valence-electron chi connectivity index (χ2n) is 13.2.